The van der Waals surface area contributed by atoms with Crippen LogP contribution in [0.15, 0.2) is 48.5 Å². The van der Waals surface area contributed by atoms with E-state index in [1.54, 1.807) is 0 Å². The van der Waals surface area contributed by atoms with E-state index in [2.05, 4.69) is 54.8 Å². The van der Waals surface area contributed by atoms with Crippen LogP contribution in [0.3, 0.4) is 0 Å². The first-order chi connectivity index (χ1) is 10.2. The molecule has 2 unspecified atom stereocenters. The van der Waals surface area contributed by atoms with Crippen LogP contribution in [-0.4, -0.2) is 19.2 Å². The van der Waals surface area contributed by atoms with E-state index < -0.39 is 0 Å². The first-order valence-electron chi connectivity index (χ1n) is 7.51. The second kappa shape index (κ2) is 6.19. The van der Waals surface area contributed by atoms with Crippen molar-refractivity contribution in [1.82, 2.24) is 5.32 Å². The second-order valence-corrected chi connectivity index (χ2v) is 5.64. The number of hydrogen-bond acceptors (Lipinski definition) is 3. The van der Waals surface area contributed by atoms with E-state index in [1.165, 1.54) is 11.1 Å². The molecule has 0 aliphatic carbocycles. The van der Waals surface area contributed by atoms with Crippen molar-refractivity contribution in [3.05, 3.63) is 59.7 Å². The summed E-state index contributed by atoms with van der Waals surface area (Å²) in [6, 6.07) is 17.3. The predicted molar refractivity (Wildman–Crippen MR) is 86.9 cm³/mol. The molecule has 0 amide bonds. The number of hydrogen-bond donors (Lipinski definition) is 2. The van der Waals surface area contributed by atoms with Crippen molar-refractivity contribution < 1.29 is 4.74 Å². The van der Waals surface area contributed by atoms with Gasteiger partial charge in [-0.2, -0.15) is 0 Å². The van der Waals surface area contributed by atoms with Crippen LogP contribution in [0.5, 0.6) is 5.75 Å². The molecular weight excluding hydrogens is 260 g/mol. The number of para-hydroxylation sites is 1. The molecule has 2 aromatic rings. The summed E-state index contributed by atoms with van der Waals surface area (Å²) in [5.74, 6) is 0.961. The van der Waals surface area contributed by atoms with Crippen molar-refractivity contribution in [3.8, 4) is 5.75 Å². The van der Waals surface area contributed by atoms with Gasteiger partial charge in [-0.15, -0.1) is 0 Å². The highest BCUT2D eigenvalue weighted by atomic mass is 16.5. The van der Waals surface area contributed by atoms with Gasteiger partial charge in [-0.25, -0.2) is 0 Å². The molecule has 0 aromatic heterocycles. The van der Waals surface area contributed by atoms with Gasteiger partial charge in [0.1, 0.15) is 12.4 Å². The van der Waals surface area contributed by atoms with E-state index in [0.29, 0.717) is 18.7 Å². The molecular formula is C18H22N2O. The largest absolute Gasteiger partial charge is 0.489 e. The third-order valence-electron chi connectivity index (χ3n) is 3.99. The molecule has 3 rings (SSSR count). The predicted octanol–water partition coefficient (Wildman–Crippen LogP) is 3.52. The molecule has 1 aliphatic rings. The number of rotatable bonds is 4. The number of benzene rings is 2. The quantitative estimate of drug-likeness (QED) is 0.900. The zero-order chi connectivity index (χ0) is 14.7. The average molecular weight is 282 g/mol. The molecule has 2 aromatic carbocycles. The van der Waals surface area contributed by atoms with Gasteiger partial charge in [0.25, 0.3) is 0 Å². The van der Waals surface area contributed by atoms with E-state index in [1.807, 2.05) is 18.2 Å². The van der Waals surface area contributed by atoms with Gasteiger partial charge in [0.2, 0.25) is 0 Å². The molecule has 0 saturated carbocycles. The smallest absolute Gasteiger partial charge is 0.142 e. The Labute approximate surface area is 126 Å². The summed E-state index contributed by atoms with van der Waals surface area (Å²) in [5.41, 5.74) is 3.67. The summed E-state index contributed by atoms with van der Waals surface area (Å²) in [7, 11) is 0. The molecule has 110 valence electrons. The van der Waals surface area contributed by atoms with Crippen molar-refractivity contribution in [1.29, 1.82) is 0 Å². The first kappa shape index (κ1) is 14.0. The standard InChI is InChI=1S/C18H22N2O/c1-13-7-6-10-17-18(13)20-16(12-21-17)11-19-14(2)15-8-4-3-5-9-15/h3-10,14,16,19-20H,11-12H2,1-2H3. The minimum absolute atomic E-state index is 0.296. The molecule has 21 heavy (non-hydrogen) atoms. The number of fused-ring (bicyclic) bond motifs is 1. The fourth-order valence-electron chi connectivity index (χ4n) is 2.67. The Hall–Kier alpha value is -2.00. The SMILES string of the molecule is Cc1cccc2c1NC(CNC(C)c1ccccc1)CO2. The van der Waals surface area contributed by atoms with E-state index in [0.717, 1.165) is 18.0 Å². The van der Waals surface area contributed by atoms with Crippen LogP contribution >= 0.6 is 0 Å². The highest BCUT2D eigenvalue weighted by Crippen LogP contribution is 2.31. The molecule has 0 fully saturated rings. The van der Waals surface area contributed by atoms with Gasteiger partial charge in [-0.05, 0) is 31.0 Å². The summed E-state index contributed by atoms with van der Waals surface area (Å²) in [4.78, 5) is 0. The lowest BCUT2D eigenvalue weighted by Gasteiger charge is -2.29. The summed E-state index contributed by atoms with van der Waals surface area (Å²) in [6.45, 7) is 5.88. The lowest BCUT2D eigenvalue weighted by atomic mass is 10.1. The number of aryl methyl sites for hydroxylation is 1. The summed E-state index contributed by atoms with van der Waals surface area (Å²) < 4.78 is 5.85. The van der Waals surface area contributed by atoms with Gasteiger partial charge >= 0.3 is 0 Å². The fraction of sp³-hybridized carbons (Fsp3) is 0.333. The Morgan fingerprint density at radius 2 is 2.00 bits per heavy atom. The fourth-order valence-corrected chi connectivity index (χ4v) is 2.67. The maximum Gasteiger partial charge on any atom is 0.142 e. The molecule has 2 atom stereocenters. The van der Waals surface area contributed by atoms with Gasteiger partial charge < -0.3 is 15.4 Å². The first-order valence-corrected chi connectivity index (χ1v) is 7.51. The van der Waals surface area contributed by atoms with E-state index in [-0.39, 0.29) is 0 Å². The van der Waals surface area contributed by atoms with Crippen LogP contribution in [0.2, 0.25) is 0 Å². The Bertz CT molecular complexity index is 597. The van der Waals surface area contributed by atoms with Crippen LogP contribution in [-0.2, 0) is 0 Å². The molecule has 0 spiro atoms. The zero-order valence-electron chi connectivity index (χ0n) is 12.6. The van der Waals surface area contributed by atoms with Crippen molar-refractivity contribution in [2.45, 2.75) is 25.9 Å². The van der Waals surface area contributed by atoms with Crippen molar-refractivity contribution >= 4 is 5.69 Å². The Morgan fingerprint density at radius 1 is 1.19 bits per heavy atom. The van der Waals surface area contributed by atoms with Gasteiger partial charge in [-0.1, -0.05) is 42.5 Å². The van der Waals surface area contributed by atoms with Gasteiger partial charge in [0, 0.05) is 12.6 Å². The highest BCUT2D eigenvalue weighted by Gasteiger charge is 2.20. The lowest BCUT2D eigenvalue weighted by Crippen LogP contribution is -2.41. The third-order valence-corrected chi connectivity index (χ3v) is 3.99. The molecule has 1 aliphatic heterocycles. The molecule has 0 saturated heterocycles. The number of anilines is 1. The summed E-state index contributed by atoms with van der Waals surface area (Å²) in [5, 5.41) is 7.16. The third kappa shape index (κ3) is 3.19. The highest BCUT2D eigenvalue weighted by molar-refractivity contribution is 5.63. The second-order valence-electron chi connectivity index (χ2n) is 5.64. The van der Waals surface area contributed by atoms with Crippen LogP contribution in [0, 0.1) is 6.92 Å². The van der Waals surface area contributed by atoms with Crippen LogP contribution in [0.1, 0.15) is 24.1 Å². The normalized spacial score (nSPS) is 18.3. The van der Waals surface area contributed by atoms with E-state index in [4.69, 9.17) is 4.74 Å². The van der Waals surface area contributed by atoms with Gasteiger partial charge in [0.05, 0.1) is 11.7 Å². The number of ether oxygens (including phenoxy) is 1. The molecule has 1 heterocycles. The van der Waals surface area contributed by atoms with E-state index in [9.17, 15) is 0 Å². The maximum absolute atomic E-state index is 5.85. The van der Waals surface area contributed by atoms with Crippen molar-refractivity contribution in [3.63, 3.8) is 0 Å². The molecule has 0 bridgehead atoms. The molecule has 3 nitrogen and oxygen atoms in total. The van der Waals surface area contributed by atoms with Crippen molar-refractivity contribution in [2.75, 3.05) is 18.5 Å². The van der Waals surface area contributed by atoms with E-state index >= 15 is 0 Å². The Morgan fingerprint density at radius 3 is 2.81 bits per heavy atom. The van der Waals surface area contributed by atoms with Gasteiger partial charge in [-0.3, -0.25) is 0 Å². The van der Waals surface area contributed by atoms with Crippen LogP contribution < -0.4 is 15.4 Å². The monoisotopic (exact) mass is 282 g/mol. The van der Waals surface area contributed by atoms with Crippen LogP contribution in [0.4, 0.5) is 5.69 Å². The molecule has 3 heteroatoms. The molecule has 0 radical (unpaired) electrons. The van der Waals surface area contributed by atoms with Crippen molar-refractivity contribution in [2.24, 2.45) is 0 Å². The Balaban J connectivity index is 1.59. The summed E-state index contributed by atoms with van der Waals surface area (Å²) in [6.07, 6.45) is 0. The topological polar surface area (TPSA) is 33.3 Å². The molecule has 2 N–H and O–H groups in total. The number of nitrogens with one attached hydrogen (secondary N) is 2. The minimum Gasteiger partial charge on any atom is -0.489 e. The lowest BCUT2D eigenvalue weighted by molar-refractivity contribution is 0.277. The minimum atomic E-state index is 0.296. The average Bonchev–Trinajstić information content (AvgIpc) is 2.54. The van der Waals surface area contributed by atoms with Gasteiger partial charge in [0.15, 0.2) is 0 Å². The Kier molecular flexibility index (Phi) is 4.11. The summed E-state index contributed by atoms with van der Waals surface area (Å²) >= 11 is 0. The van der Waals surface area contributed by atoms with Crippen LogP contribution in [0.25, 0.3) is 0 Å². The zero-order valence-corrected chi connectivity index (χ0v) is 12.6. The maximum atomic E-state index is 5.85.